The van der Waals surface area contributed by atoms with Gasteiger partial charge in [0.25, 0.3) is 0 Å². The molecule has 1 aromatic heterocycles. The summed E-state index contributed by atoms with van der Waals surface area (Å²) in [6.07, 6.45) is 3.57. The van der Waals surface area contributed by atoms with Gasteiger partial charge in [-0.15, -0.1) is 0 Å². The molecule has 4 nitrogen and oxygen atoms in total. The maximum atomic E-state index is 10.8. The zero-order valence-electron chi connectivity index (χ0n) is 11.8. The first-order valence-corrected chi connectivity index (χ1v) is 6.97. The van der Waals surface area contributed by atoms with Crippen molar-refractivity contribution in [1.82, 2.24) is 14.7 Å². The molecule has 0 spiro atoms. The Bertz CT molecular complexity index is 402. The smallest absolute Gasteiger partial charge is 0.0715 e. The largest absolute Gasteiger partial charge is 0.389 e. The first-order valence-electron chi connectivity index (χ1n) is 6.97. The highest BCUT2D eigenvalue weighted by molar-refractivity contribution is 5.11. The van der Waals surface area contributed by atoms with E-state index in [2.05, 4.69) is 23.0 Å². The van der Waals surface area contributed by atoms with Crippen LogP contribution in [0.2, 0.25) is 0 Å². The van der Waals surface area contributed by atoms with Gasteiger partial charge in [-0.3, -0.25) is 4.68 Å². The minimum atomic E-state index is -0.551. The molecule has 1 N–H and O–H groups in total. The van der Waals surface area contributed by atoms with Gasteiger partial charge in [-0.1, -0.05) is 6.92 Å². The van der Waals surface area contributed by atoms with Crippen molar-refractivity contribution in [2.75, 3.05) is 19.6 Å². The molecule has 2 heterocycles. The Kier molecular flexibility index (Phi) is 4.07. The molecule has 1 saturated heterocycles. The Morgan fingerprint density at radius 1 is 1.39 bits per heavy atom. The molecule has 102 valence electrons. The molecular weight excluding hydrogens is 226 g/mol. The van der Waals surface area contributed by atoms with Gasteiger partial charge in [-0.2, -0.15) is 5.10 Å². The highest BCUT2D eigenvalue weighted by Crippen LogP contribution is 2.26. The normalized spacial score (nSPS) is 26.2. The molecule has 0 amide bonds. The van der Waals surface area contributed by atoms with Crippen LogP contribution in [0.25, 0.3) is 0 Å². The summed E-state index contributed by atoms with van der Waals surface area (Å²) in [4.78, 5) is 2.42. The molecular formula is C14H25N3O. The van der Waals surface area contributed by atoms with Crippen molar-refractivity contribution in [3.05, 3.63) is 17.5 Å². The van der Waals surface area contributed by atoms with E-state index < -0.39 is 5.60 Å². The summed E-state index contributed by atoms with van der Waals surface area (Å²) in [5, 5.41) is 15.1. The number of hydrogen-bond donors (Lipinski definition) is 1. The van der Waals surface area contributed by atoms with Gasteiger partial charge in [-0.25, -0.2) is 0 Å². The van der Waals surface area contributed by atoms with Crippen molar-refractivity contribution in [1.29, 1.82) is 0 Å². The Morgan fingerprint density at radius 2 is 2.17 bits per heavy atom. The second kappa shape index (κ2) is 5.41. The van der Waals surface area contributed by atoms with Crippen molar-refractivity contribution >= 4 is 0 Å². The van der Waals surface area contributed by atoms with E-state index in [0.29, 0.717) is 0 Å². The third-order valence-electron chi connectivity index (χ3n) is 4.07. The first-order chi connectivity index (χ1) is 8.52. The number of aromatic nitrogens is 2. The standard InChI is InChI=1S/C14H25N3O/c1-4-17-8-5-6-14(18,7-9-17)11-13-10-12(2)15-16(13)3/h10,18H,4-9,11H2,1-3H3. The fraction of sp³-hybridized carbons (Fsp3) is 0.786. The third kappa shape index (κ3) is 3.12. The topological polar surface area (TPSA) is 41.3 Å². The second-order valence-corrected chi connectivity index (χ2v) is 5.59. The summed E-state index contributed by atoms with van der Waals surface area (Å²) < 4.78 is 1.90. The molecule has 1 atom stereocenters. The number of likely N-dealkylation sites (tertiary alicyclic amines) is 1. The molecule has 1 fully saturated rings. The van der Waals surface area contributed by atoms with Crippen LogP contribution in [-0.4, -0.2) is 45.0 Å². The summed E-state index contributed by atoms with van der Waals surface area (Å²) in [5.74, 6) is 0. The maximum absolute atomic E-state index is 10.8. The molecule has 0 radical (unpaired) electrons. The molecule has 0 aliphatic carbocycles. The van der Waals surface area contributed by atoms with Gasteiger partial charge >= 0.3 is 0 Å². The minimum Gasteiger partial charge on any atom is -0.389 e. The lowest BCUT2D eigenvalue weighted by atomic mass is 9.89. The van der Waals surface area contributed by atoms with Crippen molar-refractivity contribution in [2.45, 2.75) is 45.1 Å². The molecule has 1 aromatic rings. The molecule has 1 unspecified atom stereocenters. The van der Waals surface area contributed by atoms with Gasteiger partial charge in [0.2, 0.25) is 0 Å². The highest BCUT2D eigenvalue weighted by Gasteiger charge is 2.31. The summed E-state index contributed by atoms with van der Waals surface area (Å²) >= 11 is 0. The van der Waals surface area contributed by atoms with E-state index >= 15 is 0 Å². The van der Waals surface area contributed by atoms with Crippen LogP contribution in [0.5, 0.6) is 0 Å². The average Bonchev–Trinajstić information content (AvgIpc) is 2.51. The molecule has 0 bridgehead atoms. The van der Waals surface area contributed by atoms with Crippen molar-refractivity contribution < 1.29 is 5.11 Å². The van der Waals surface area contributed by atoms with Crippen molar-refractivity contribution in [2.24, 2.45) is 7.05 Å². The quantitative estimate of drug-likeness (QED) is 0.885. The number of aryl methyl sites for hydroxylation is 2. The lowest BCUT2D eigenvalue weighted by Crippen LogP contribution is -2.34. The van der Waals surface area contributed by atoms with E-state index in [-0.39, 0.29) is 0 Å². The number of rotatable bonds is 3. The first kappa shape index (κ1) is 13.6. The van der Waals surface area contributed by atoms with Crippen molar-refractivity contribution in [3.8, 4) is 0 Å². The van der Waals surface area contributed by atoms with Crippen LogP contribution in [0.4, 0.5) is 0 Å². The molecule has 0 saturated carbocycles. The SMILES string of the molecule is CCN1CCCC(O)(Cc2cc(C)nn2C)CC1. The van der Waals surface area contributed by atoms with Gasteiger partial charge in [-0.05, 0) is 45.3 Å². The average molecular weight is 251 g/mol. The summed E-state index contributed by atoms with van der Waals surface area (Å²) in [6.45, 7) is 7.39. The van der Waals surface area contributed by atoms with Crippen LogP contribution in [0.1, 0.15) is 37.6 Å². The van der Waals surface area contributed by atoms with Gasteiger partial charge in [0, 0.05) is 25.7 Å². The van der Waals surface area contributed by atoms with E-state index in [1.54, 1.807) is 0 Å². The van der Waals surface area contributed by atoms with Gasteiger partial charge in [0.1, 0.15) is 0 Å². The van der Waals surface area contributed by atoms with E-state index in [0.717, 1.165) is 56.7 Å². The molecule has 2 rings (SSSR count). The van der Waals surface area contributed by atoms with E-state index in [1.807, 2.05) is 18.7 Å². The van der Waals surface area contributed by atoms with Crippen LogP contribution in [0, 0.1) is 6.92 Å². The number of hydrogen-bond acceptors (Lipinski definition) is 3. The predicted octanol–water partition coefficient (Wildman–Crippen LogP) is 1.51. The highest BCUT2D eigenvalue weighted by atomic mass is 16.3. The summed E-state index contributed by atoms with van der Waals surface area (Å²) in [5.41, 5.74) is 1.62. The Morgan fingerprint density at radius 3 is 2.78 bits per heavy atom. The van der Waals surface area contributed by atoms with Crippen LogP contribution >= 0.6 is 0 Å². The van der Waals surface area contributed by atoms with E-state index in [9.17, 15) is 5.11 Å². The molecule has 1 aliphatic heterocycles. The Labute approximate surface area is 110 Å². The van der Waals surface area contributed by atoms with E-state index in [1.165, 1.54) is 0 Å². The van der Waals surface area contributed by atoms with Gasteiger partial charge in [0.15, 0.2) is 0 Å². The maximum Gasteiger partial charge on any atom is 0.0715 e. The molecule has 0 aromatic carbocycles. The number of aliphatic hydroxyl groups is 1. The lowest BCUT2D eigenvalue weighted by Gasteiger charge is -2.26. The van der Waals surface area contributed by atoms with Crippen LogP contribution in [0.3, 0.4) is 0 Å². The summed E-state index contributed by atoms with van der Waals surface area (Å²) in [7, 11) is 1.96. The zero-order valence-corrected chi connectivity index (χ0v) is 11.8. The zero-order chi connectivity index (χ0) is 13.2. The molecule has 18 heavy (non-hydrogen) atoms. The van der Waals surface area contributed by atoms with E-state index in [4.69, 9.17) is 0 Å². The summed E-state index contributed by atoms with van der Waals surface area (Å²) in [6, 6.07) is 2.08. The molecule has 4 heteroatoms. The van der Waals surface area contributed by atoms with Crippen LogP contribution in [-0.2, 0) is 13.5 Å². The van der Waals surface area contributed by atoms with Gasteiger partial charge < -0.3 is 10.0 Å². The van der Waals surface area contributed by atoms with Crippen LogP contribution in [0.15, 0.2) is 6.07 Å². The van der Waals surface area contributed by atoms with Crippen LogP contribution < -0.4 is 0 Å². The predicted molar refractivity (Wildman–Crippen MR) is 72.6 cm³/mol. The van der Waals surface area contributed by atoms with Gasteiger partial charge in [0.05, 0.1) is 11.3 Å². The second-order valence-electron chi connectivity index (χ2n) is 5.59. The fourth-order valence-corrected chi connectivity index (χ4v) is 2.89. The number of nitrogens with zero attached hydrogens (tertiary/aromatic N) is 3. The fourth-order valence-electron chi connectivity index (χ4n) is 2.89. The third-order valence-corrected chi connectivity index (χ3v) is 4.07. The Hall–Kier alpha value is -0.870. The van der Waals surface area contributed by atoms with Crippen molar-refractivity contribution in [3.63, 3.8) is 0 Å². The Balaban J connectivity index is 2.05. The monoisotopic (exact) mass is 251 g/mol. The minimum absolute atomic E-state index is 0.551. The lowest BCUT2D eigenvalue weighted by molar-refractivity contribution is 0.0241. The molecule has 1 aliphatic rings.